The molecule has 1 atom stereocenters. The van der Waals surface area contributed by atoms with Crippen molar-refractivity contribution < 1.29 is 4.79 Å². The summed E-state index contributed by atoms with van der Waals surface area (Å²) in [5.41, 5.74) is 0. The third kappa shape index (κ3) is 4.25. The van der Waals surface area contributed by atoms with Gasteiger partial charge >= 0.3 is 0 Å². The molecule has 0 spiro atoms. The smallest absolute Gasteiger partial charge is 0.239 e. The maximum atomic E-state index is 12.5. The number of hydrogen-bond acceptors (Lipinski definition) is 5. The summed E-state index contributed by atoms with van der Waals surface area (Å²) < 4.78 is 0. The van der Waals surface area contributed by atoms with E-state index in [2.05, 4.69) is 16.7 Å². The fourth-order valence-electron chi connectivity index (χ4n) is 2.13. The zero-order valence-electron chi connectivity index (χ0n) is 11.0. The Labute approximate surface area is 123 Å². The molecular weight excluding hydrogens is 284 g/mol. The van der Waals surface area contributed by atoms with Gasteiger partial charge in [-0.25, -0.2) is 0 Å². The number of amides is 1. The van der Waals surface area contributed by atoms with Crippen molar-refractivity contribution in [3.63, 3.8) is 0 Å². The van der Waals surface area contributed by atoms with Crippen LogP contribution in [-0.4, -0.2) is 69.6 Å². The average Bonchev–Trinajstić information content (AvgIpc) is 2.81. The van der Waals surface area contributed by atoms with Crippen molar-refractivity contribution in [2.24, 2.45) is 0 Å². The van der Waals surface area contributed by atoms with Gasteiger partial charge in [0.05, 0.1) is 6.04 Å². The van der Waals surface area contributed by atoms with Gasteiger partial charge in [0.25, 0.3) is 0 Å². The van der Waals surface area contributed by atoms with Crippen LogP contribution in [0.4, 0.5) is 0 Å². The number of hydrogen-bond donors (Lipinski definition) is 0. The molecule has 0 bridgehead atoms. The van der Waals surface area contributed by atoms with E-state index in [-0.39, 0.29) is 6.04 Å². The molecule has 0 saturated carbocycles. The summed E-state index contributed by atoms with van der Waals surface area (Å²) in [6.07, 6.45) is 1.15. The van der Waals surface area contributed by atoms with Crippen molar-refractivity contribution in [2.75, 3.05) is 47.9 Å². The summed E-state index contributed by atoms with van der Waals surface area (Å²) in [7, 11) is 0. The molecule has 2 rings (SSSR count). The van der Waals surface area contributed by atoms with Gasteiger partial charge in [-0.05, 0) is 19.1 Å². The Bertz CT molecular complexity index is 262. The average molecular weight is 307 g/mol. The summed E-state index contributed by atoms with van der Waals surface area (Å²) in [6.45, 7) is 3.96. The van der Waals surface area contributed by atoms with Gasteiger partial charge in [-0.1, -0.05) is 0 Å². The zero-order chi connectivity index (χ0) is 12.8. The van der Waals surface area contributed by atoms with Gasteiger partial charge in [0.15, 0.2) is 0 Å². The van der Waals surface area contributed by atoms with Crippen LogP contribution in [0.3, 0.4) is 0 Å². The molecule has 2 aliphatic heterocycles. The van der Waals surface area contributed by atoms with Crippen molar-refractivity contribution in [3.8, 4) is 0 Å². The molecule has 2 aliphatic rings. The molecule has 104 valence electrons. The van der Waals surface area contributed by atoms with Crippen LogP contribution in [0.1, 0.15) is 13.3 Å². The standard InChI is InChI=1S/C12H22N2OS3/c1-11(14-9-17-7-8-18-10-14)12(15)13-3-2-5-16-6-4-13/h11H,2-10H2,1H3. The topological polar surface area (TPSA) is 23.6 Å². The largest absolute Gasteiger partial charge is 0.340 e. The lowest BCUT2D eigenvalue weighted by Gasteiger charge is -2.30. The van der Waals surface area contributed by atoms with E-state index in [4.69, 9.17) is 0 Å². The third-order valence-corrected chi connectivity index (χ3v) is 6.65. The Morgan fingerprint density at radius 2 is 1.72 bits per heavy atom. The van der Waals surface area contributed by atoms with E-state index in [1.807, 2.05) is 35.3 Å². The van der Waals surface area contributed by atoms with Gasteiger partial charge in [-0.2, -0.15) is 11.8 Å². The molecule has 0 aromatic heterocycles. The molecule has 6 heteroatoms. The zero-order valence-corrected chi connectivity index (χ0v) is 13.4. The van der Waals surface area contributed by atoms with E-state index in [0.29, 0.717) is 5.91 Å². The van der Waals surface area contributed by atoms with Gasteiger partial charge in [0.1, 0.15) is 0 Å². The Morgan fingerprint density at radius 3 is 2.44 bits per heavy atom. The van der Waals surface area contributed by atoms with Gasteiger partial charge in [0.2, 0.25) is 5.91 Å². The second-order valence-electron chi connectivity index (χ2n) is 4.63. The number of nitrogens with zero attached hydrogens (tertiary/aromatic N) is 2. The fourth-order valence-corrected chi connectivity index (χ4v) is 5.43. The van der Waals surface area contributed by atoms with E-state index in [0.717, 1.165) is 37.0 Å². The fraction of sp³-hybridized carbons (Fsp3) is 0.917. The van der Waals surface area contributed by atoms with Crippen molar-refractivity contribution >= 4 is 41.2 Å². The lowest BCUT2D eigenvalue weighted by atomic mass is 10.2. The van der Waals surface area contributed by atoms with Crippen LogP contribution in [0, 0.1) is 0 Å². The van der Waals surface area contributed by atoms with Crippen LogP contribution in [0.5, 0.6) is 0 Å². The molecule has 2 heterocycles. The molecule has 2 fully saturated rings. The minimum absolute atomic E-state index is 0.0474. The number of thioether (sulfide) groups is 3. The highest BCUT2D eigenvalue weighted by atomic mass is 32.2. The minimum atomic E-state index is 0.0474. The molecule has 1 unspecified atom stereocenters. The maximum absolute atomic E-state index is 12.5. The van der Waals surface area contributed by atoms with Crippen LogP contribution in [0.25, 0.3) is 0 Å². The van der Waals surface area contributed by atoms with Crippen LogP contribution < -0.4 is 0 Å². The van der Waals surface area contributed by atoms with Gasteiger partial charge in [0, 0.05) is 42.1 Å². The van der Waals surface area contributed by atoms with Gasteiger partial charge in [-0.15, -0.1) is 23.5 Å². The second-order valence-corrected chi connectivity index (χ2v) is 8.00. The third-order valence-electron chi connectivity index (χ3n) is 3.33. The number of rotatable bonds is 2. The second kappa shape index (κ2) is 7.92. The monoisotopic (exact) mass is 306 g/mol. The summed E-state index contributed by atoms with van der Waals surface area (Å²) in [5.74, 6) is 7.06. The van der Waals surface area contributed by atoms with Crippen LogP contribution >= 0.6 is 35.3 Å². The molecule has 18 heavy (non-hydrogen) atoms. The quantitative estimate of drug-likeness (QED) is 0.777. The lowest BCUT2D eigenvalue weighted by Crippen LogP contribution is -2.47. The summed E-state index contributed by atoms with van der Waals surface area (Å²) in [5, 5.41) is 0. The summed E-state index contributed by atoms with van der Waals surface area (Å²) in [4.78, 5) is 16.9. The molecule has 0 aromatic rings. The van der Waals surface area contributed by atoms with Crippen molar-refractivity contribution in [1.82, 2.24) is 9.80 Å². The Morgan fingerprint density at radius 1 is 1.00 bits per heavy atom. The first-order valence-electron chi connectivity index (χ1n) is 6.55. The maximum Gasteiger partial charge on any atom is 0.239 e. The van der Waals surface area contributed by atoms with E-state index >= 15 is 0 Å². The lowest BCUT2D eigenvalue weighted by molar-refractivity contribution is -0.135. The summed E-state index contributed by atoms with van der Waals surface area (Å²) >= 11 is 5.87. The van der Waals surface area contributed by atoms with Crippen molar-refractivity contribution in [1.29, 1.82) is 0 Å². The van der Waals surface area contributed by atoms with E-state index in [1.165, 1.54) is 17.3 Å². The highest BCUT2D eigenvalue weighted by molar-refractivity contribution is 8.03. The minimum Gasteiger partial charge on any atom is -0.340 e. The molecule has 3 nitrogen and oxygen atoms in total. The predicted molar refractivity (Wildman–Crippen MR) is 84.5 cm³/mol. The molecular formula is C12H22N2OS3. The van der Waals surface area contributed by atoms with Crippen molar-refractivity contribution in [2.45, 2.75) is 19.4 Å². The first-order chi connectivity index (χ1) is 8.79. The van der Waals surface area contributed by atoms with E-state index in [9.17, 15) is 4.79 Å². The molecule has 0 aliphatic carbocycles. The van der Waals surface area contributed by atoms with Gasteiger partial charge in [-0.3, -0.25) is 9.69 Å². The molecule has 2 saturated heterocycles. The van der Waals surface area contributed by atoms with E-state index < -0.39 is 0 Å². The van der Waals surface area contributed by atoms with E-state index in [1.54, 1.807) is 0 Å². The first kappa shape index (κ1) is 14.9. The van der Waals surface area contributed by atoms with Crippen LogP contribution in [-0.2, 0) is 4.79 Å². The SMILES string of the molecule is CC(C(=O)N1CCCSCC1)N1CSCCSC1. The molecule has 0 aromatic carbocycles. The number of carbonyl (C=O) groups is 1. The Hall–Kier alpha value is 0.480. The van der Waals surface area contributed by atoms with Crippen LogP contribution in [0.15, 0.2) is 0 Å². The predicted octanol–water partition coefficient (Wildman–Crippen LogP) is 2.04. The first-order valence-corrected chi connectivity index (χ1v) is 10.0. The molecule has 1 amide bonds. The van der Waals surface area contributed by atoms with Crippen molar-refractivity contribution in [3.05, 3.63) is 0 Å². The van der Waals surface area contributed by atoms with Gasteiger partial charge < -0.3 is 4.90 Å². The Kier molecular flexibility index (Phi) is 6.55. The number of carbonyl (C=O) groups excluding carboxylic acids is 1. The highest BCUT2D eigenvalue weighted by Crippen LogP contribution is 2.20. The Balaban J connectivity index is 1.89. The molecule has 0 radical (unpaired) electrons. The normalized spacial score (nSPS) is 25.3. The van der Waals surface area contributed by atoms with Crippen LogP contribution in [0.2, 0.25) is 0 Å². The summed E-state index contributed by atoms with van der Waals surface area (Å²) in [6, 6.07) is 0.0474. The molecule has 0 N–H and O–H groups in total. The highest BCUT2D eigenvalue weighted by Gasteiger charge is 2.27.